The van der Waals surface area contributed by atoms with Gasteiger partial charge in [-0.3, -0.25) is 4.79 Å². The highest BCUT2D eigenvalue weighted by atomic mass is 35.5. The maximum atomic E-state index is 12.8. The highest BCUT2D eigenvalue weighted by Crippen LogP contribution is 2.29. The molecule has 26 heavy (non-hydrogen) atoms. The first kappa shape index (κ1) is 18.9. The second kappa shape index (κ2) is 7.76. The quantitative estimate of drug-likeness (QED) is 0.875. The predicted molar refractivity (Wildman–Crippen MR) is 103 cm³/mol. The molecule has 0 unspecified atom stereocenters. The number of carbonyl (C=O) groups excluding carboxylic acids is 1. The van der Waals surface area contributed by atoms with E-state index in [2.05, 4.69) is 33.1 Å². The second-order valence-electron chi connectivity index (χ2n) is 7.19. The van der Waals surface area contributed by atoms with Gasteiger partial charge in [-0.1, -0.05) is 17.7 Å². The van der Waals surface area contributed by atoms with Gasteiger partial charge < -0.3 is 14.8 Å². The number of piperidine rings is 1. The molecule has 1 saturated heterocycles. The first-order chi connectivity index (χ1) is 12.1. The topological polar surface area (TPSA) is 63.1 Å². The smallest absolute Gasteiger partial charge is 0.254 e. The van der Waals surface area contributed by atoms with Crippen LogP contribution in [0.2, 0.25) is 0 Å². The lowest BCUT2D eigenvalue weighted by Gasteiger charge is -2.32. The Morgan fingerprint density at radius 1 is 1.15 bits per heavy atom. The van der Waals surface area contributed by atoms with Gasteiger partial charge in [0.2, 0.25) is 0 Å². The summed E-state index contributed by atoms with van der Waals surface area (Å²) in [5, 5.41) is 12.1. The Morgan fingerprint density at radius 3 is 2.65 bits per heavy atom. The molecular weight excluding hydrogens is 350 g/mol. The zero-order valence-electron chi connectivity index (χ0n) is 15.4. The molecule has 7 heteroatoms. The van der Waals surface area contributed by atoms with Gasteiger partial charge in [0.1, 0.15) is 11.6 Å². The molecule has 0 atom stereocenters. The van der Waals surface area contributed by atoms with E-state index >= 15 is 0 Å². The van der Waals surface area contributed by atoms with Crippen LogP contribution in [-0.4, -0.2) is 45.2 Å². The van der Waals surface area contributed by atoms with Crippen LogP contribution in [0.15, 0.2) is 18.2 Å². The Bertz CT molecular complexity index is 795. The summed E-state index contributed by atoms with van der Waals surface area (Å²) >= 11 is 0. The van der Waals surface area contributed by atoms with Crippen molar-refractivity contribution in [2.24, 2.45) is 0 Å². The number of nitrogens with one attached hydrogen (secondary N) is 1. The summed E-state index contributed by atoms with van der Waals surface area (Å²) in [7, 11) is 0. The number of fused-ring (bicyclic) bond motifs is 1. The third kappa shape index (κ3) is 3.48. The van der Waals surface area contributed by atoms with Gasteiger partial charge in [0.05, 0.1) is 6.54 Å². The molecule has 1 fully saturated rings. The highest BCUT2D eigenvalue weighted by molar-refractivity contribution is 5.95. The van der Waals surface area contributed by atoms with Crippen molar-refractivity contribution < 1.29 is 4.79 Å². The van der Waals surface area contributed by atoms with Gasteiger partial charge in [-0.25, -0.2) is 0 Å². The van der Waals surface area contributed by atoms with Crippen molar-refractivity contribution in [3.63, 3.8) is 0 Å². The Labute approximate surface area is 160 Å². The van der Waals surface area contributed by atoms with Crippen LogP contribution in [0.4, 0.5) is 0 Å². The number of halogens is 1. The number of hydrogen-bond donors (Lipinski definition) is 1. The molecule has 0 bridgehead atoms. The Kier molecular flexibility index (Phi) is 5.63. The summed E-state index contributed by atoms with van der Waals surface area (Å²) in [6.45, 7) is 8.37. The van der Waals surface area contributed by atoms with E-state index in [1.165, 1.54) is 5.56 Å². The standard InChI is InChI=1S/C19H25N5O.ClH/c1-13-3-4-16(14(2)11-13)19(25)23-8-5-15(6-9-23)18-22-21-17-12-20-7-10-24(17)18;/h3-4,11,15,20H,5-10,12H2,1-2H3;1H. The lowest BCUT2D eigenvalue weighted by Crippen LogP contribution is -2.39. The average Bonchev–Trinajstić information content (AvgIpc) is 3.05. The van der Waals surface area contributed by atoms with E-state index in [0.29, 0.717) is 5.92 Å². The van der Waals surface area contributed by atoms with Gasteiger partial charge in [-0.05, 0) is 38.3 Å². The first-order valence-electron chi connectivity index (χ1n) is 9.12. The van der Waals surface area contributed by atoms with E-state index < -0.39 is 0 Å². The summed E-state index contributed by atoms with van der Waals surface area (Å²) in [6, 6.07) is 6.06. The third-order valence-electron chi connectivity index (χ3n) is 5.41. The van der Waals surface area contributed by atoms with Crippen LogP contribution in [0.1, 0.15) is 51.9 Å². The summed E-state index contributed by atoms with van der Waals surface area (Å²) in [4.78, 5) is 14.8. The Hall–Kier alpha value is -1.92. The molecule has 2 aliphatic heterocycles. The van der Waals surface area contributed by atoms with Crippen LogP contribution < -0.4 is 5.32 Å². The lowest BCUT2D eigenvalue weighted by atomic mass is 9.94. The number of nitrogens with zero attached hydrogens (tertiary/aromatic N) is 4. The molecule has 1 aromatic heterocycles. The summed E-state index contributed by atoms with van der Waals surface area (Å²) in [6.07, 6.45) is 1.92. The van der Waals surface area contributed by atoms with E-state index in [-0.39, 0.29) is 18.3 Å². The fraction of sp³-hybridized carbons (Fsp3) is 0.526. The van der Waals surface area contributed by atoms with Crippen LogP contribution in [0.3, 0.4) is 0 Å². The lowest BCUT2D eigenvalue weighted by molar-refractivity contribution is 0.0709. The minimum atomic E-state index is 0. The zero-order chi connectivity index (χ0) is 17.4. The van der Waals surface area contributed by atoms with Crippen LogP contribution in [0.25, 0.3) is 0 Å². The van der Waals surface area contributed by atoms with Gasteiger partial charge in [-0.2, -0.15) is 0 Å². The minimum absolute atomic E-state index is 0. The summed E-state index contributed by atoms with van der Waals surface area (Å²) in [5.74, 6) is 2.70. The number of carbonyl (C=O) groups is 1. The molecule has 4 rings (SSSR count). The highest BCUT2D eigenvalue weighted by Gasteiger charge is 2.29. The van der Waals surface area contributed by atoms with Crippen molar-refractivity contribution >= 4 is 18.3 Å². The normalized spacial score (nSPS) is 17.5. The Balaban J connectivity index is 0.00000196. The van der Waals surface area contributed by atoms with Gasteiger partial charge in [0.25, 0.3) is 5.91 Å². The molecular formula is C19H26ClN5O. The number of rotatable bonds is 2. The number of benzene rings is 1. The van der Waals surface area contributed by atoms with Gasteiger partial charge in [-0.15, -0.1) is 22.6 Å². The molecule has 2 aliphatic rings. The van der Waals surface area contributed by atoms with E-state index in [4.69, 9.17) is 0 Å². The van der Waals surface area contributed by atoms with Gasteiger partial charge in [0, 0.05) is 37.7 Å². The fourth-order valence-electron chi connectivity index (χ4n) is 3.98. The number of aromatic nitrogens is 3. The second-order valence-corrected chi connectivity index (χ2v) is 7.19. The molecule has 1 aromatic carbocycles. The largest absolute Gasteiger partial charge is 0.339 e. The number of hydrogen-bond acceptors (Lipinski definition) is 4. The zero-order valence-corrected chi connectivity index (χ0v) is 16.2. The number of aryl methyl sites for hydroxylation is 2. The third-order valence-corrected chi connectivity index (χ3v) is 5.41. The van der Waals surface area contributed by atoms with E-state index in [0.717, 1.165) is 68.3 Å². The van der Waals surface area contributed by atoms with Gasteiger partial charge in [0.15, 0.2) is 0 Å². The number of likely N-dealkylation sites (tertiary alicyclic amines) is 1. The van der Waals surface area contributed by atoms with Crippen molar-refractivity contribution in [1.29, 1.82) is 0 Å². The molecule has 2 aromatic rings. The first-order valence-corrected chi connectivity index (χ1v) is 9.12. The van der Waals surface area contributed by atoms with Crippen LogP contribution in [0, 0.1) is 13.8 Å². The monoisotopic (exact) mass is 375 g/mol. The summed E-state index contributed by atoms with van der Waals surface area (Å²) in [5.41, 5.74) is 3.08. The van der Waals surface area contributed by atoms with E-state index in [1.54, 1.807) is 0 Å². The van der Waals surface area contributed by atoms with Crippen LogP contribution in [0.5, 0.6) is 0 Å². The van der Waals surface area contributed by atoms with Gasteiger partial charge >= 0.3 is 0 Å². The number of amides is 1. The maximum absolute atomic E-state index is 12.8. The van der Waals surface area contributed by atoms with Crippen molar-refractivity contribution in [2.45, 2.75) is 45.7 Å². The summed E-state index contributed by atoms with van der Waals surface area (Å²) < 4.78 is 2.27. The van der Waals surface area contributed by atoms with Crippen molar-refractivity contribution in [2.75, 3.05) is 19.6 Å². The average molecular weight is 376 g/mol. The fourth-order valence-corrected chi connectivity index (χ4v) is 3.98. The molecule has 0 aliphatic carbocycles. The minimum Gasteiger partial charge on any atom is -0.339 e. The molecule has 0 radical (unpaired) electrons. The molecule has 3 heterocycles. The van der Waals surface area contributed by atoms with Crippen LogP contribution in [-0.2, 0) is 13.1 Å². The van der Waals surface area contributed by atoms with Crippen molar-refractivity contribution in [3.8, 4) is 0 Å². The van der Waals surface area contributed by atoms with E-state index in [1.807, 2.05) is 24.0 Å². The maximum Gasteiger partial charge on any atom is 0.254 e. The Morgan fingerprint density at radius 2 is 1.92 bits per heavy atom. The van der Waals surface area contributed by atoms with E-state index in [9.17, 15) is 4.79 Å². The molecule has 1 N–H and O–H groups in total. The van der Waals surface area contributed by atoms with Crippen molar-refractivity contribution in [3.05, 3.63) is 46.5 Å². The van der Waals surface area contributed by atoms with Crippen LogP contribution >= 0.6 is 12.4 Å². The van der Waals surface area contributed by atoms with Crippen molar-refractivity contribution in [1.82, 2.24) is 25.0 Å². The SMILES string of the molecule is Cc1ccc(C(=O)N2CCC(c3nnc4n3CCNC4)CC2)c(C)c1.Cl. The molecule has 0 spiro atoms. The molecule has 0 saturated carbocycles. The molecule has 140 valence electrons. The predicted octanol–water partition coefficient (Wildman–Crippen LogP) is 2.44. The molecule has 1 amide bonds. The molecule has 6 nitrogen and oxygen atoms in total.